The zero-order valence-corrected chi connectivity index (χ0v) is 10.5. The van der Waals surface area contributed by atoms with Crippen molar-refractivity contribution in [1.29, 1.82) is 0 Å². The van der Waals surface area contributed by atoms with Crippen molar-refractivity contribution in [2.24, 2.45) is 0 Å². The fraction of sp³-hybridized carbons (Fsp3) is 0.222. The molecule has 0 saturated carbocycles. The highest BCUT2D eigenvalue weighted by molar-refractivity contribution is 9.10. The molecule has 0 saturated heterocycles. The second kappa shape index (κ2) is 5.27. The molecule has 1 aromatic carbocycles. The molecule has 0 spiro atoms. The van der Waals surface area contributed by atoms with Crippen LogP contribution in [0.25, 0.3) is 0 Å². The van der Waals surface area contributed by atoms with E-state index in [1.807, 2.05) is 0 Å². The molecule has 0 aliphatic rings. The Morgan fingerprint density at radius 2 is 2.25 bits per heavy atom. The van der Waals surface area contributed by atoms with E-state index in [9.17, 15) is 14.9 Å². The summed E-state index contributed by atoms with van der Waals surface area (Å²) in [5.74, 6) is -0.482. The Bertz CT molecular complexity index is 449. The average Bonchev–Trinajstić information content (AvgIpc) is 2.27. The van der Waals surface area contributed by atoms with Gasteiger partial charge in [-0.1, -0.05) is 0 Å². The van der Waals surface area contributed by atoms with Crippen LogP contribution in [0.5, 0.6) is 5.75 Å². The first-order valence-corrected chi connectivity index (χ1v) is 5.45. The van der Waals surface area contributed by atoms with Crippen LogP contribution in [0.4, 0.5) is 5.69 Å². The number of ketones is 1. The third-order valence-electron chi connectivity index (χ3n) is 1.89. The molecule has 0 radical (unpaired) electrons. The van der Waals surface area contributed by atoms with Crippen molar-refractivity contribution >= 4 is 39.0 Å². The van der Waals surface area contributed by atoms with Crippen LogP contribution >= 0.6 is 27.5 Å². The lowest BCUT2D eigenvalue weighted by atomic mass is 10.1. The molecule has 1 rings (SSSR count). The number of nitrogens with zero attached hydrogens (tertiary/aromatic N) is 1. The van der Waals surface area contributed by atoms with E-state index >= 15 is 0 Å². The van der Waals surface area contributed by atoms with Crippen molar-refractivity contribution in [3.63, 3.8) is 0 Å². The standard InChI is InChI=1S/C9H7BrClNO4/c1-16-9-2-5(8(13)4-11)7(12(14)15)3-6(9)10/h2-3H,4H2,1H3. The molecule has 0 aliphatic carbocycles. The topological polar surface area (TPSA) is 69.4 Å². The highest BCUT2D eigenvalue weighted by Crippen LogP contribution is 2.32. The molecule has 0 aromatic heterocycles. The third-order valence-corrected chi connectivity index (χ3v) is 2.75. The van der Waals surface area contributed by atoms with Crippen LogP contribution in [0.1, 0.15) is 10.4 Å². The molecule has 0 bridgehead atoms. The van der Waals surface area contributed by atoms with E-state index in [0.29, 0.717) is 10.2 Å². The number of alkyl halides is 1. The summed E-state index contributed by atoms with van der Waals surface area (Å²) in [6.07, 6.45) is 0. The summed E-state index contributed by atoms with van der Waals surface area (Å²) in [5, 5.41) is 10.7. The van der Waals surface area contributed by atoms with Gasteiger partial charge in [0.05, 0.1) is 22.4 Å². The summed E-state index contributed by atoms with van der Waals surface area (Å²) in [6, 6.07) is 2.52. The Kier molecular flexibility index (Phi) is 4.26. The van der Waals surface area contributed by atoms with E-state index in [-0.39, 0.29) is 17.1 Å². The lowest BCUT2D eigenvalue weighted by Crippen LogP contribution is -2.06. The van der Waals surface area contributed by atoms with Gasteiger partial charge in [-0.15, -0.1) is 11.6 Å². The first-order valence-electron chi connectivity index (χ1n) is 4.12. The minimum Gasteiger partial charge on any atom is -0.496 e. The fourth-order valence-corrected chi connectivity index (χ4v) is 1.78. The molecule has 0 fully saturated rings. The number of nitro benzene ring substituents is 1. The smallest absolute Gasteiger partial charge is 0.281 e. The van der Waals surface area contributed by atoms with Crippen LogP contribution in [0, 0.1) is 10.1 Å². The zero-order valence-electron chi connectivity index (χ0n) is 8.20. The van der Waals surface area contributed by atoms with Crippen molar-refractivity contribution in [3.8, 4) is 5.75 Å². The van der Waals surface area contributed by atoms with Crippen LogP contribution < -0.4 is 4.74 Å². The van der Waals surface area contributed by atoms with Crippen molar-refractivity contribution in [2.45, 2.75) is 0 Å². The quantitative estimate of drug-likeness (QED) is 0.371. The summed E-state index contributed by atoms with van der Waals surface area (Å²) < 4.78 is 5.36. The van der Waals surface area contributed by atoms with Crippen molar-refractivity contribution in [1.82, 2.24) is 0 Å². The van der Waals surface area contributed by atoms with Gasteiger partial charge in [-0.3, -0.25) is 14.9 Å². The second-order valence-electron chi connectivity index (χ2n) is 2.82. The largest absolute Gasteiger partial charge is 0.496 e. The van der Waals surface area contributed by atoms with E-state index in [4.69, 9.17) is 16.3 Å². The number of benzene rings is 1. The number of ether oxygens (including phenoxy) is 1. The van der Waals surface area contributed by atoms with Crippen LogP contribution in [-0.4, -0.2) is 23.7 Å². The summed E-state index contributed by atoms with van der Waals surface area (Å²) >= 11 is 8.48. The maximum absolute atomic E-state index is 11.4. The van der Waals surface area contributed by atoms with Crippen molar-refractivity contribution in [3.05, 3.63) is 32.3 Å². The van der Waals surface area contributed by atoms with Crippen LogP contribution in [-0.2, 0) is 0 Å². The van der Waals surface area contributed by atoms with Gasteiger partial charge in [-0.2, -0.15) is 0 Å². The van der Waals surface area contributed by atoms with Gasteiger partial charge in [-0.25, -0.2) is 0 Å². The highest BCUT2D eigenvalue weighted by atomic mass is 79.9. The van der Waals surface area contributed by atoms with E-state index in [0.717, 1.165) is 0 Å². The maximum atomic E-state index is 11.4. The monoisotopic (exact) mass is 307 g/mol. The molecule has 7 heteroatoms. The van der Waals surface area contributed by atoms with Gasteiger partial charge in [-0.05, 0) is 22.0 Å². The third kappa shape index (κ3) is 2.51. The Morgan fingerprint density at radius 1 is 1.62 bits per heavy atom. The molecule has 0 heterocycles. The molecule has 0 amide bonds. The van der Waals surface area contributed by atoms with Gasteiger partial charge in [0.1, 0.15) is 11.3 Å². The highest BCUT2D eigenvalue weighted by Gasteiger charge is 2.22. The molecular weight excluding hydrogens is 301 g/mol. The summed E-state index contributed by atoms with van der Waals surface area (Å²) in [5.41, 5.74) is -0.349. The van der Waals surface area contributed by atoms with E-state index in [2.05, 4.69) is 15.9 Å². The number of Topliss-reactive ketones (excluding diaryl/α,β-unsaturated/α-hetero) is 1. The lowest BCUT2D eigenvalue weighted by Gasteiger charge is -2.06. The van der Waals surface area contributed by atoms with Crippen molar-refractivity contribution < 1.29 is 14.5 Å². The molecule has 0 atom stereocenters. The van der Waals surface area contributed by atoms with Gasteiger partial charge in [0, 0.05) is 6.07 Å². The number of nitro groups is 1. The molecule has 5 nitrogen and oxygen atoms in total. The van der Waals surface area contributed by atoms with Gasteiger partial charge in [0.25, 0.3) is 5.69 Å². The van der Waals surface area contributed by atoms with Crippen molar-refractivity contribution in [2.75, 3.05) is 13.0 Å². The number of carbonyl (C=O) groups is 1. The molecule has 0 unspecified atom stereocenters. The summed E-state index contributed by atoms with van der Waals surface area (Å²) in [7, 11) is 1.40. The number of hydrogen-bond donors (Lipinski definition) is 0. The average molecular weight is 309 g/mol. The van der Waals surface area contributed by atoms with Crippen LogP contribution in [0.2, 0.25) is 0 Å². The fourth-order valence-electron chi connectivity index (χ4n) is 1.15. The molecular formula is C9H7BrClNO4. The van der Waals surface area contributed by atoms with E-state index in [1.165, 1.54) is 19.2 Å². The summed E-state index contributed by atoms with van der Waals surface area (Å²) in [4.78, 5) is 21.5. The normalized spacial score (nSPS) is 9.94. The van der Waals surface area contributed by atoms with Gasteiger partial charge in [0.15, 0.2) is 5.78 Å². The molecule has 16 heavy (non-hydrogen) atoms. The minimum absolute atomic E-state index is 0.0555. The molecule has 0 N–H and O–H groups in total. The van der Waals surface area contributed by atoms with Crippen LogP contribution in [0.15, 0.2) is 16.6 Å². The first-order chi connectivity index (χ1) is 7.51. The maximum Gasteiger partial charge on any atom is 0.281 e. The van der Waals surface area contributed by atoms with Gasteiger partial charge < -0.3 is 4.74 Å². The Balaban J connectivity index is 3.42. The number of carbonyl (C=O) groups excluding carboxylic acids is 1. The Labute approximate surface area is 105 Å². The number of halogens is 2. The number of hydrogen-bond acceptors (Lipinski definition) is 4. The molecule has 86 valence electrons. The molecule has 1 aromatic rings. The Morgan fingerprint density at radius 3 is 2.69 bits per heavy atom. The second-order valence-corrected chi connectivity index (χ2v) is 3.94. The predicted molar refractivity (Wildman–Crippen MR) is 62.4 cm³/mol. The number of methoxy groups -OCH3 is 1. The van der Waals surface area contributed by atoms with Gasteiger partial charge >= 0.3 is 0 Å². The first kappa shape index (κ1) is 12.9. The minimum atomic E-state index is -0.635. The Hall–Kier alpha value is -1.14. The van der Waals surface area contributed by atoms with Gasteiger partial charge in [0.2, 0.25) is 0 Å². The zero-order chi connectivity index (χ0) is 12.3. The lowest BCUT2D eigenvalue weighted by molar-refractivity contribution is -0.385. The summed E-state index contributed by atoms with van der Waals surface area (Å²) in [6.45, 7) is 0. The van der Waals surface area contributed by atoms with E-state index in [1.54, 1.807) is 0 Å². The van der Waals surface area contributed by atoms with Crippen LogP contribution in [0.3, 0.4) is 0 Å². The number of rotatable bonds is 4. The SMILES string of the molecule is COc1cc(C(=O)CCl)c([N+](=O)[O-])cc1Br. The van der Waals surface area contributed by atoms with E-state index < -0.39 is 10.7 Å². The predicted octanol–water partition coefficient (Wildman–Crippen LogP) is 2.79. The molecule has 0 aliphatic heterocycles.